The summed E-state index contributed by atoms with van der Waals surface area (Å²) in [5.74, 6) is 1.22. The zero-order valence-corrected chi connectivity index (χ0v) is 13.2. The molecule has 0 bridgehead atoms. The number of nitrogens with one attached hydrogen (secondary N) is 2. The number of allylic oxidation sites excluding steroid dienone is 2. The molecule has 5 nitrogen and oxygen atoms in total. The molecule has 1 aliphatic rings. The maximum atomic E-state index is 6.09. The Balaban J connectivity index is 2.01. The highest BCUT2D eigenvalue weighted by Gasteiger charge is 2.13. The van der Waals surface area contributed by atoms with Crippen LogP contribution in [0.5, 0.6) is 0 Å². The van der Waals surface area contributed by atoms with Crippen molar-refractivity contribution in [3.05, 3.63) is 34.5 Å². The van der Waals surface area contributed by atoms with Gasteiger partial charge in [0.25, 0.3) is 0 Å². The van der Waals surface area contributed by atoms with Crippen LogP contribution in [0.25, 0.3) is 0 Å². The Kier molecular flexibility index (Phi) is 5.59. The number of anilines is 2. The summed E-state index contributed by atoms with van der Waals surface area (Å²) < 4.78 is 0. The molecule has 0 spiro atoms. The molecule has 1 aromatic heterocycles. The van der Waals surface area contributed by atoms with Crippen LogP contribution in [0, 0.1) is 0 Å². The fraction of sp³-hybridized carbons (Fsp3) is 0.467. The number of hydrogen-bond donors (Lipinski definition) is 3. The minimum absolute atomic E-state index is 0.215. The van der Waals surface area contributed by atoms with Crippen molar-refractivity contribution in [3.63, 3.8) is 0 Å². The molecular weight excluding hydrogens is 286 g/mol. The van der Waals surface area contributed by atoms with E-state index in [1.54, 1.807) is 6.20 Å². The number of nitrogens with two attached hydrogens (primary N) is 1. The summed E-state index contributed by atoms with van der Waals surface area (Å²) in [6.45, 7) is 5.66. The van der Waals surface area contributed by atoms with Crippen molar-refractivity contribution >= 4 is 23.4 Å². The van der Waals surface area contributed by atoms with Crippen molar-refractivity contribution < 1.29 is 0 Å². The van der Waals surface area contributed by atoms with E-state index in [4.69, 9.17) is 17.3 Å². The van der Waals surface area contributed by atoms with Gasteiger partial charge in [-0.3, -0.25) is 0 Å². The van der Waals surface area contributed by atoms with Crippen LogP contribution in [-0.4, -0.2) is 29.1 Å². The molecule has 0 fully saturated rings. The Morgan fingerprint density at radius 2 is 2.24 bits per heavy atom. The van der Waals surface area contributed by atoms with Crippen LogP contribution >= 0.6 is 11.6 Å². The summed E-state index contributed by atoms with van der Waals surface area (Å²) in [6.07, 6.45) is 7.72. The predicted octanol–water partition coefficient (Wildman–Crippen LogP) is 2.97. The zero-order valence-electron chi connectivity index (χ0n) is 12.5. The van der Waals surface area contributed by atoms with Gasteiger partial charge >= 0.3 is 0 Å². The number of rotatable bonds is 6. The van der Waals surface area contributed by atoms with Crippen molar-refractivity contribution in [1.29, 1.82) is 0 Å². The van der Waals surface area contributed by atoms with E-state index in [1.165, 1.54) is 11.1 Å². The average Bonchev–Trinajstić information content (AvgIpc) is 2.46. The second kappa shape index (κ2) is 7.43. The Bertz CT molecular complexity index is 553. The van der Waals surface area contributed by atoms with E-state index in [9.17, 15) is 0 Å². The minimum atomic E-state index is 0.215. The molecular formula is C15H22ClN5. The molecule has 1 atom stereocenters. The van der Waals surface area contributed by atoms with Gasteiger partial charge in [0, 0.05) is 6.54 Å². The first-order valence-electron chi connectivity index (χ1n) is 7.17. The number of nitrogens with zero attached hydrogens (tertiary/aromatic N) is 2. The highest BCUT2D eigenvalue weighted by atomic mass is 35.5. The molecule has 0 amide bonds. The predicted molar refractivity (Wildman–Crippen MR) is 88.7 cm³/mol. The van der Waals surface area contributed by atoms with Gasteiger partial charge in [-0.15, -0.1) is 0 Å². The van der Waals surface area contributed by atoms with Gasteiger partial charge in [-0.05, 0) is 33.2 Å². The Hall–Kier alpha value is -1.59. The molecule has 6 heteroatoms. The number of hydrogen-bond acceptors (Lipinski definition) is 5. The fourth-order valence-corrected chi connectivity index (χ4v) is 2.25. The first-order valence-corrected chi connectivity index (χ1v) is 7.55. The van der Waals surface area contributed by atoms with E-state index in [0.29, 0.717) is 23.3 Å². The first kappa shape index (κ1) is 15.8. The van der Waals surface area contributed by atoms with E-state index < -0.39 is 0 Å². The number of aromatic nitrogens is 2. The summed E-state index contributed by atoms with van der Waals surface area (Å²) in [5, 5.41) is 7.02. The molecule has 2 rings (SSSR count). The van der Waals surface area contributed by atoms with Crippen molar-refractivity contribution in [1.82, 2.24) is 9.97 Å². The standard InChI is InChI=1S/C15H22ClN5/c1-10-4-5-12(8-11(10)2)20-15-19-9-13(16)14(21-15)18-7-3-6-17/h4-5,9,12H,3,6-8,17H2,1-2H3,(H2,18,19,20,21). The smallest absolute Gasteiger partial charge is 0.225 e. The highest BCUT2D eigenvalue weighted by Crippen LogP contribution is 2.23. The molecule has 0 saturated heterocycles. The van der Waals surface area contributed by atoms with Gasteiger partial charge in [0.2, 0.25) is 5.95 Å². The van der Waals surface area contributed by atoms with Crippen molar-refractivity contribution in [2.45, 2.75) is 32.7 Å². The van der Waals surface area contributed by atoms with Crippen LogP contribution in [0.3, 0.4) is 0 Å². The lowest BCUT2D eigenvalue weighted by molar-refractivity contribution is 0.813. The summed E-state index contributed by atoms with van der Waals surface area (Å²) in [6, 6.07) is 0.215. The number of halogens is 1. The lowest BCUT2D eigenvalue weighted by Gasteiger charge is -2.20. The quantitative estimate of drug-likeness (QED) is 0.704. The third-order valence-electron chi connectivity index (χ3n) is 3.51. The Labute approximate surface area is 130 Å². The minimum Gasteiger partial charge on any atom is -0.369 e. The molecule has 1 unspecified atom stereocenters. The van der Waals surface area contributed by atoms with Crippen LogP contribution in [0.15, 0.2) is 29.5 Å². The maximum Gasteiger partial charge on any atom is 0.225 e. The highest BCUT2D eigenvalue weighted by molar-refractivity contribution is 6.32. The van der Waals surface area contributed by atoms with E-state index >= 15 is 0 Å². The van der Waals surface area contributed by atoms with Crippen molar-refractivity contribution in [2.24, 2.45) is 5.73 Å². The topological polar surface area (TPSA) is 75.9 Å². The monoisotopic (exact) mass is 307 g/mol. The lowest BCUT2D eigenvalue weighted by Crippen LogP contribution is -2.21. The van der Waals surface area contributed by atoms with Gasteiger partial charge in [0.1, 0.15) is 10.8 Å². The van der Waals surface area contributed by atoms with Crippen LogP contribution in [0.4, 0.5) is 11.8 Å². The normalized spacial score (nSPS) is 18.0. The third-order valence-corrected chi connectivity index (χ3v) is 3.79. The molecule has 0 aromatic carbocycles. The largest absolute Gasteiger partial charge is 0.369 e. The maximum absolute atomic E-state index is 6.09. The summed E-state index contributed by atoms with van der Waals surface area (Å²) in [7, 11) is 0. The molecule has 4 N–H and O–H groups in total. The SMILES string of the molecule is CC1=C(C)CC(Nc2ncc(Cl)c(NCCCN)n2)C=C1. The molecule has 0 radical (unpaired) electrons. The van der Waals surface area contributed by atoms with Crippen molar-refractivity contribution in [3.8, 4) is 0 Å². The molecule has 1 aromatic rings. The zero-order chi connectivity index (χ0) is 15.2. The summed E-state index contributed by atoms with van der Waals surface area (Å²) >= 11 is 6.09. The van der Waals surface area contributed by atoms with E-state index in [-0.39, 0.29) is 6.04 Å². The summed E-state index contributed by atoms with van der Waals surface area (Å²) in [4.78, 5) is 8.66. The molecule has 1 heterocycles. The lowest BCUT2D eigenvalue weighted by atomic mass is 9.96. The third kappa shape index (κ3) is 4.44. The Morgan fingerprint density at radius 1 is 1.43 bits per heavy atom. The van der Waals surface area contributed by atoms with Crippen LogP contribution in [0.1, 0.15) is 26.7 Å². The van der Waals surface area contributed by atoms with E-state index in [0.717, 1.165) is 19.4 Å². The van der Waals surface area contributed by atoms with Crippen LogP contribution < -0.4 is 16.4 Å². The average molecular weight is 308 g/mol. The molecule has 0 saturated carbocycles. The van der Waals surface area contributed by atoms with Gasteiger partial charge in [0.05, 0.1) is 12.2 Å². The van der Waals surface area contributed by atoms with Crippen molar-refractivity contribution in [2.75, 3.05) is 23.7 Å². The molecule has 21 heavy (non-hydrogen) atoms. The molecule has 1 aliphatic carbocycles. The Morgan fingerprint density at radius 3 is 2.95 bits per heavy atom. The fourth-order valence-electron chi connectivity index (χ4n) is 2.10. The second-order valence-electron chi connectivity index (χ2n) is 5.24. The van der Waals surface area contributed by atoms with Gasteiger partial charge in [-0.2, -0.15) is 4.98 Å². The van der Waals surface area contributed by atoms with Gasteiger partial charge < -0.3 is 16.4 Å². The van der Waals surface area contributed by atoms with Gasteiger partial charge in [0.15, 0.2) is 0 Å². The summed E-state index contributed by atoms with van der Waals surface area (Å²) in [5.41, 5.74) is 8.19. The first-order chi connectivity index (χ1) is 10.1. The van der Waals surface area contributed by atoms with Gasteiger partial charge in [-0.1, -0.05) is 34.9 Å². The van der Waals surface area contributed by atoms with Crippen LogP contribution in [-0.2, 0) is 0 Å². The molecule has 114 valence electrons. The van der Waals surface area contributed by atoms with Gasteiger partial charge in [-0.25, -0.2) is 4.98 Å². The van der Waals surface area contributed by atoms with Crippen LogP contribution in [0.2, 0.25) is 5.02 Å². The van der Waals surface area contributed by atoms with E-state index in [2.05, 4.69) is 46.6 Å². The second-order valence-corrected chi connectivity index (χ2v) is 5.64. The molecule has 0 aliphatic heterocycles. The van der Waals surface area contributed by atoms with E-state index in [1.807, 2.05) is 0 Å².